The molecule has 1 aliphatic carbocycles. The summed E-state index contributed by atoms with van der Waals surface area (Å²) in [5.41, 5.74) is 5.63. The van der Waals surface area contributed by atoms with Crippen molar-refractivity contribution in [2.45, 2.75) is 71.7 Å². The smallest absolute Gasteiger partial charge is 0.312 e. The number of hydrogen-bond donors (Lipinski definition) is 2. The van der Waals surface area contributed by atoms with Crippen molar-refractivity contribution in [2.24, 2.45) is 16.4 Å². The summed E-state index contributed by atoms with van der Waals surface area (Å²) < 4.78 is 17.6. The minimum atomic E-state index is -0.793. The molecule has 0 bridgehead atoms. The van der Waals surface area contributed by atoms with Crippen LogP contribution in [0.5, 0.6) is 5.75 Å². The second-order valence-corrected chi connectivity index (χ2v) is 11.3. The number of benzene rings is 3. The van der Waals surface area contributed by atoms with E-state index in [0.29, 0.717) is 19.4 Å². The third kappa shape index (κ3) is 7.85. The van der Waals surface area contributed by atoms with Gasteiger partial charge in [-0.2, -0.15) is 5.10 Å². The predicted octanol–water partition coefficient (Wildman–Crippen LogP) is 5.02. The van der Waals surface area contributed by atoms with Crippen LogP contribution in [0.3, 0.4) is 0 Å². The molecule has 0 radical (unpaired) electrons. The highest BCUT2D eigenvalue weighted by Gasteiger charge is 2.40. The summed E-state index contributed by atoms with van der Waals surface area (Å²) in [4.78, 5) is 16.8. The molecule has 3 aromatic rings. The largest absolute Gasteiger partial charge is 0.497 e. The van der Waals surface area contributed by atoms with Gasteiger partial charge >= 0.3 is 5.97 Å². The summed E-state index contributed by atoms with van der Waals surface area (Å²) >= 11 is 0. The fourth-order valence-corrected chi connectivity index (χ4v) is 5.57. The number of aryl methyl sites for hydroxylation is 1. The van der Waals surface area contributed by atoms with Crippen LogP contribution in [0.4, 0.5) is 0 Å². The Morgan fingerprint density at radius 1 is 1.07 bits per heavy atom. The molecule has 0 spiro atoms. The van der Waals surface area contributed by atoms with Crippen LogP contribution in [0.15, 0.2) is 77.9 Å². The number of esters is 1. The van der Waals surface area contributed by atoms with Gasteiger partial charge in [0.05, 0.1) is 25.2 Å². The van der Waals surface area contributed by atoms with Gasteiger partial charge in [0.25, 0.3) is 0 Å². The summed E-state index contributed by atoms with van der Waals surface area (Å²) in [6, 6.07) is 24.3. The predicted molar refractivity (Wildman–Crippen MR) is 166 cm³/mol. The maximum atomic E-state index is 13.6. The molecule has 0 saturated heterocycles. The van der Waals surface area contributed by atoms with E-state index in [2.05, 4.69) is 28.3 Å². The van der Waals surface area contributed by atoms with Crippen molar-refractivity contribution in [3.63, 3.8) is 0 Å². The van der Waals surface area contributed by atoms with Crippen molar-refractivity contribution in [3.8, 4) is 5.75 Å². The Morgan fingerprint density at radius 2 is 1.81 bits per heavy atom. The molecule has 2 atom stereocenters. The molecule has 42 heavy (non-hydrogen) atoms. The zero-order chi connectivity index (χ0) is 30.0. The van der Waals surface area contributed by atoms with Gasteiger partial charge < -0.3 is 20.1 Å². The van der Waals surface area contributed by atoms with Crippen molar-refractivity contribution in [2.75, 3.05) is 13.7 Å². The van der Waals surface area contributed by atoms with Crippen LogP contribution in [-0.2, 0) is 33.9 Å². The quantitative estimate of drug-likeness (QED) is 0.123. The van der Waals surface area contributed by atoms with E-state index in [1.807, 2.05) is 81.6 Å². The third-order valence-electron chi connectivity index (χ3n) is 8.14. The van der Waals surface area contributed by atoms with Crippen LogP contribution in [-0.4, -0.2) is 31.6 Å². The maximum Gasteiger partial charge on any atom is 0.312 e. The van der Waals surface area contributed by atoms with Gasteiger partial charge in [-0.25, -0.2) is 4.99 Å². The number of ether oxygens (including phenoxy) is 3. The first-order valence-electron chi connectivity index (χ1n) is 14.8. The number of hydrogen-bond acceptors (Lipinski definition) is 6. The summed E-state index contributed by atoms with van der Waals surface area (Å²) in [7, 11) is 1.67. The van der Waals surface area contributed by atoms with E-state index in [0.717, 1.165) is 47.5 Å². The molecular formula is C35H44N3O4+. The average Bonchev–Trinajstić information content (AvgIpc) is 3.43. The lowest BCUT2D eigenvalue weighted by atomic mass is 9.72. The first kappa shape index (κ1) is 31.0. The van der Waals surface area contributed by atoms with Crippen molar-refractivity contribution >= 4 is 17.9 Å². The average molecular weight is 571 g/mol. The molecule has 3 aromatic carbocycles. The fraction of sp³-hybridized carbons (Fsp3) is 0.400. The van der Waals surface area contributed by atoms with Crippen molar-refractivity contribution in [1.82, 2.24) is 0 Å². The van der Waals surface area contributed by atoms with Crippen LogP contribution < -0.4 is 15.6 Å². The van der Waals surface area contributed by atoms with Crippen molar-refractivity contribution in [1.29, 1.82) is 0 Å². The van der Waals surface area contributed by atoms with E-state index in [1.54, 1.807) is 7.11 Å². The van der Waals surface area contributed by atoms with Crippen LogP contribution in [0.25, 0.3) is 0 Å². The molecule has 222 valence electrons. The number of methoxy groups -OCH3 is 1. The molecule has 2 unspecified atom stereocenters. The minimum absolute atomic E-state index is 0.000834. The number of hydrazone groups is 1. The highest BCUT2D eigenvalue weighted by Crippen LogP contribution is 2.43. The number of carbonyl (C=O) groups excluding carboxylic acids is 1. The lowest BCUT2D eigenvalue weighted by Gasteiger charge is -2.33. The van der Waals surface area contributed by atoms with Crippen molar-refractivity contribution < 1.29 is 24.0 Å². The standard InChI is InChI=1S/C35H43N3O4/c1-5-37-22-29(38-36)16-19-32(35(2,3)34(39)42-24-25-9-7-6-8-10-25)28-14-13-27-15-20-33(31(27)21-28)41-23-26-11-17-30(40-4)18-12-26/h6-14,17-18,21-22,32-33H,5,15-16,19-20,23-24,36H2,1-4H3/p+1. The molecule has 7 heteroatoms. The van der Waals surface area contributed by atoms with E-state index in [9.17, 15) is 4.79 Å². The van der Waals surface area contributed by atoms with Gasteiger partial charge in [-0.1, -0.05) is 60.7 Å². The number of nitrogens with one attached hydrogen (secondary N) is 1. The Hall–Kier alpha value is -3.97. The van der Waals surface area contributed by atoms with Gasteiger partial charge in [0.2, 0.25) is 0 Å². The molecule has 4 rings (SSSR count). The van der Waals surface area contributed by atoms with Gasteiger partial charge in [-0.15, -0.1) is 0 Å². The molecule has 1 aliphatic rings. The van der Waals surface area contributed by atoms with Crippen LogP contribution in [0, 0.1) is 5.41 Å². The number of nitrogens with zero attached hydrogens (tertiary/aromatic N) is 1. The van der Waals surface area contributed by atoms with Crippen LogP contribution in [0.1, 0.15) is 79.9 Å². The number of fused-ring (bicyclic) bond motifs is 1. The Kier molecular flexibility index (Phi) is 10.9. The fourth-order valence-electron chi connectivity index (χ4n) is 5.57. The van der Waals surface area contributed by atoms with Crippen LogP contribution in [0.2, 0.25) is 0 Å². The molecule has 0 aliphatic heterocycles. The zero-order valence-corrected chi connectivity index (χ0v) is 25.3. The number of rotatable bonds is 14. The third-order valence-corrected chi connectivity index (χ3v) is 8.14. The summed E-state index contributed by atoms with van der Waals surface area (Å²) in [6.45, 7) is 7.52. The first-order valence-corrected chi connectivity index (χ1v) is 14.8. The highest BCUT2D eigenvalue weighted by molar-refractivity contribution is 6.28. The Bertz CT molecular complexity index is 1370. The molecular weight excluding hydrogens is 526 g/mol. The van der Waals surface area contributed by atoms with E-state index < -0.39 is 5.41 Å². The molecule has 3 N–H and O–H groups in total. The number of nitrogens with two attached hydrogens (primary N) is 1. The van der Waals surface area contributed by atoms with E-state index in [-0.39, 0.29) is 24.6 Å². The molecule has 0 saturated carbocycles. The highest BCUT2D eigenvalue weighted by atomic mass is 16.5. The second-order valence-electron chi connectivity index (χ2n) is 11.3. The number of carbonyl (C=O) groups is 1. The topological polar surface area (TPSA) is 97.1 Å². The van der Waals surface area contributed by atoms with Crippen LogP contribution >= 0.6 is 0 Å². The maximum absolute atomic E-state index is 13.6. The molecule has 0 fully saturated rings. The van der Waals surface area contributed by atoms with E-state index in [4.69, 9.17) is 20.1 Å². The van der Waals surface area contributed by atoms with Crippen molar-refractivity contribution in [3.05, 3.63) is 101 Å². The first-order chi connectivity index (χ1) is 20.3. The van der Waals surface area contributed by atoms with Gasteiger partial charge in [0.15, 0.2) is 6.21 Å². The zero-order valence-electron chi connectivity index (χ0n) is 25.3. The summed E-state index contributed by atoms with van der Waals surface area (Å²) in [5.74, 6) is 6.19. The molecule has 7 nitrogen and oxygen atoms in total. The molecule has 0 aromatic heterocycles. The molecule has 0 amide bonds. The lowest BCUT2D eigenvalue weighted by molar-refractivity contribution is -0.445. The van der Waals surface area contributed by atoms with E-state index in [1.165, 1.54) is 11.1 Å². The van der Waals surface area contributed by atoms with Gasteiger partial charge in [-0.05, 0) is 92.3 Å². The Labute approximate surface area is 249 Å². The Morgan fingerprint density at radius 3 is 2.50 bits per heavy atom. The summed E-state index contributed by atoms with van der Waals surface area (Å²) in [5, 5.41) is 3.98. The SMILES string of the molecule is CC[NH+]=CC(CCC(c1ccc2c(c1)C(OCc1ccc(OC)cc1)CC2)C(C)(C)C(=O)OCc1ccccc1)=NN. The summed E-state index contributed by atoms with van der Waals surface area (Å²) in [6.07, 6.45) is 5.06. The lowest BCUT2D eigenvalue weighted by Crippen LogP contribution is -2.69. The monoisotopic (exact) mass is 570 g/mol. The van der Waals surface area contributed by atoms with E-state index >= 15 is 0 Å². The van der Waals surface area contributed by atoms with Gasteiger partial charge in [0, 0.05) is 0 Å². The Balaban J connectivity index is 1.56. The van der Waals surface area contributed by atoms with Gasteiger partial charge in [0.1, 0.15) is 24.6 Å². The van der Waals surface area contributed by atoms with Gasteiger partial charge in [-0.3, -0.25) is 4.79 Å². The minimum Gasteiger partial charge on any atom is -0.497 e. The normalized spacial score (nSPS) is 15.9. The second kappa shape index (κ2) is 14.8. The molecule has 0 heterocycles.